The molecule has 2 atom stereocenters. The summed E-state index contributed by atoms with van der Waals surface area (Å²) >= 11 is 0. The molecule has 0 saturated carbocycles. The second kappa shape index (κ2) is 11.8. The van der Waals surface area contributed by atoms with Gasteiger partial charge in [-0.3, -0.25) is 19.5 Å². The molecule has 40 heavy (non-hydrogen) atoms. The van der Waals surface area contributed by atoms with E-state index in [-0.39, 0.29) is 24.9 Å². The van der Waals surface area contributed by atoms with Gasteiger partial charge in [-0.2, -0.15) is 0 Å². The third-order valence-electron chi connectivity index (χ3n) is 6.80. The van der Waals surface area contributed by atoms with E-state index in [1.807, 2.05) is 56.3 Å². The van der Waals surface area contributed by atoms with E-state index >= 15 is 0 Å². The Morgan fingerprint density at radius 2 is 1.62 bits per heavy atom. The quantitative estimate of drug-likeness (QED) is 0.318. The van der Waals surface area contributed by atoms with Gasteiger partial charge in [-0.25, -0.2) is 4.79 Å². The third kappa shape index (κ3) is 6.18. The predicted molar refractivity (Wildman–Crippen MR) is 151 cm³/mol. The van der Waals surface area contributed by atoms with Crippen molar-refractivity contribution in [2.75, 3.05) is 5.32 Å². The van der Waals surface area contributed by atoms with Gasteiger partial charge in [0.15, 0.2) is 12.1 Å². The van der Waals surface area contributed by atoms with Gasteiger partial charge in [0, 0.05) is 30.2 Å². The molecule has 2 unspecified atom stereocenters. The molecular weight excluding hydrogens is 504 g/mol. The highest BCUT2D eigenvalue weighted by molar-refractivity contribution is 6.04. The number of aryl methyl sites for hydroxylation is 2. The van der Waals surface area contributed by atoms with Crippen molar-refractivity contribution < 1.29 is 19.1 Å². The fraction of sp³-hybridized carbons (Fsp3) is 0.188. The summed E-state index contributed by atoms with van der Waals surface area (Å²) in [6, 6.07) is 24.9. The summed E-state index contributed by atoms with van der Waals surface area (Å²) in [7, 11) is 0. The summed E-state index contributed by atoms with van der Waals surface area (Å²) < 4.78 is 5.80. The number of nitrogens with one attached hydrogen (secondary N) is 2. The van der Waals surface area contributed by atoms with Gasteiger partial charge in [0.05, 0.1) is 6.54 Å². The molecule has 1 aromatic heterocycles. The van der Waals surface area contributed by atoms with Crippen LogP contribution in [0.25, 0.3) is 0 Å². The number of benzene rings is 3. The average Bonchev–Trinajstić information content (AvgIpc) is 3.29. The summed E-state index contributed by atoms with van der Waals surface area (Å²) in [5, 5.41) is 5.84. The van der Waals surface area contributed by atoms with Crippen molar-refractivity contribution in [2.45, 2.75) is 39.1 Å². The van der Waals surface area contributed by atoms with Crippen LogP contribution in [0.1, 0.15) is 44.3 Å². The Bertz CT molecular complexity index is 1500. The van der Waals surface area contributed by atoms with Gasteiger partial charge in [0.25, 0.3) is 5.91 Å². The number of pyridine rings is 1. The molecule has 1 aliphatic rings. The molecular formula is C32H30N4O4. The number of carbonyl (C=O) groups is 3. The summed E-state index contributed by atoms with van der Waals surface area (Å²) in [5.41, 5.74) is 5.54. The summed E-state index contributed by atoms with van der Waals surface area (Å²) in [6.45, 7) is 4.42. The molecule has 0 aliphatic carbocycles. The number of aromatic nitrogens is 1. The topological polar surface area (TPSA) is 101 Å². The zero-order valence-electron chi connectivity index (χ0n) is 22.3. The van der Waals surface area contributed by atoms with Crippen LogP contribution in [0.2, 0.25) is 0 Å². The van der Waals surface area contributed by atoms with Crippen LogP contribution in [0.5, 0.6) is 0 Å². The lowest BCUT2D eigenvalue weighted by molar-refractivity contribution is -0.126. The number of rotatable bonds is 8. The van der Waals surface area contributed by atoms with Gasteiger partial charge in [-0.05, 0) is 60.9 Å². The van der Waals surface area contributed by atoms with E-state index in [0.29, 0.717) is 16.8 Å². The van der Waals surface area contributed by atoms with Gasteiger partial charge in [-0.1, -0.05) is 65.7 Å². The molecule has 2 heterocycles. The van der Waals surface area contributed by atoms with Gasteiger partial charge < -0.3 is 15.4 Å². The molecule has 0 spiro atoms. The first-order valence-corrected chi connectivity index (χ1v) is 13.0. The van der Waals surface area contributed by atoms with Crippen LogP contribution in [0.3, 0.4) is 0 Å². The molecule has 8 heteroatoms. The fourth-order valence-electron chi connectivity index (χ4n) is 4.60. The SMILES string of the molecule is Cc1ccc(CN2C(=O)OC(c3cccc(NC(=O)c4ccc(C)cc4)c3)C2C(=O)NCc2cccnc2)cc1. The Morgan fingerprint density at radius 1 is 0.900 bits per heavy atom. The van der Waals surface area contributed by atoms with Crippen LogP contribution >= 0.6 is 0 Å². The molecule has 1 fully saturated rings. The monoisotopic (exact) mass is 534 g/mol. The Morgan fingerprint density at radius 3 is 2.33 bits per heavy atom. The number of nitrogens with zero attached hydrogens (tertiary/aromatic N) is 2. The maximum absolute atomic E-state index is 13.6. The van der Waals surface area contributed by atoms with Gasteiger partial charge in [-0.15, -0.1) is 0 Å². The molecule has 4 aromatic rings. The van der Waals surface area contributed by atoms with E-state index in [1.165, 1.54) is 4.90 Å². The van der Waals surface area contributed by atoms with Crippen molar-refractivity contribution in [3.63, 3.8) is 0 Å². The molecule has 0 radical (unpaired) electrons. The van der Waals surface area contributed by atoms with Crippen molar-refractivity contribution in [3.05, 3.63) is 131 Å². The van der Waals surface area contributed by atoms with E-state index in [2.05, 4.69) is 15.6 Å². The fourth-order valence-corrected chi connectivity index (χ4v) is 4.60. The van der Waals surface area contributed by atoms with E-state index in [4.69, 9.17) is 4.74 Å². The number of ether oxygens (including phenoxy) is 1. The first-order valence-electron chi connectivity index (χ1n) is 13.0. The average molecular weight is 535 g/mol. The van der Waals surface area contributed by atoms with Crippen LogP contribution < -0.4 is 10.6 Å². The molecule has 0 bridgehead atoms. The summed E-state index contributed by atoms with van der Waals surface area (Å²) in [6.07, 6.45) is 1.89. The van der Waals surface area contributed by atoms with Crippen molar-refractivity contribution in [3.8, 4) is 0 Å². The van der Waals surface area contributed by atoms with Crippen LogP contribution in [0.4, 0.5) is 10.5 Å². The highest BCUT2D eigenvalue weighted by Gasteiger charge is 2.47. The normalized spacial score (nSPS) is 16.4. The van der Waals surface area contributed by atoms with E-state index in [1.54, 1.807) is 54.9 Å². The highest BCUT2D eigenvalue weighted by Crippen LogP contribution is 2.35. The Labute approximate surface area is 233 Å². The Balaban J connectivity index is 1.40. The van der Waals surface area contributed by atoms with Crippen LogP contribution in [-0.4, -0.2) is 33.8 Å². The minimum absolute atomic E-state index is 0.213. The highest BCUT2D eigenvalue weighted by atomic mass is 16.6. The maximum atomic E-state index is 13.6. The second-order valence-electron chi connectivity index (χ2n) is 9.89. The number of hydrogen-bond donors (Lipinski definition) is 2. The van der Waals surface area contributed by atoms with Crippen LogP contribution in [0, 0.1) is 13.8 Å². The van der Waals surface area contributed by atoms with Crippen molar-refractivity contribution in [1.82, 2.24) is 15.2 Å². The zero-order chi connectivity index (χ0) is 28.1. The van der Waals surface area contributed by atoms with Gasteiger partial charge >= 0.3 is 6.09 Å². The van der Waals surface area contributed by atoms with Crippen molar-refractivity contribution in [1.29, 1.82) is 0 Å². The smallest absolute Gasteiger partial charge is 0.411 e. The minimum atomic E-state index is -0.923. The lowest BCUT2D eigenvalue weighted by atomic mass is 9.99. The molecule has 2 N–H and O–H groups in total. The Hall–Kier alpha value is -4.98. The number of cyclic esters (lactones) is 1. The minimum Gasteiger partial charge on any atom is -0.438 e. The number of carbonyl (C=O) groups excluding carboxylic acids is 3. The molecule has 3 amide bonds. The number of amides is 3. The van der Waals surface area contributed by atoms with Crippen LogP contribution in [0.15, 0.2) is 97.3 Å². The maximum Gasteiger partial charge on any atom is 0.411 e. The predicted octanol–water partition coefficient (Wildman–Crippen LogP) is 5.33. The van der Waals surface area contributed by atoms with E-state index in [9.17, 15) is 14.4 Å². The number of hydrogen-bond acceptors (Lipinski definition) is 5. The molecule has 202 valence electrons. The molecule has 5 rings (SSSR count). The largest absolute Gasteiger partial charge is 0.438 e. The molecule has 8 nitrogen and oxygen atoms in total. The first kappa shape index (κ1) is 26.6. The molecule has 1 aliphatic heterocycles. The Kier molecular flexibility index (Phi) is 7.87. The van der Waals surface area contributed by atoms with E-state index < -0.39 is 18.2 Å². The second-order valence-corrected chi connectivity index (χ2v) is 9.89. The van der Waals surface area contributed by atoms with Crippen molar-refractivity contribution >= 4 is 23.6 Å². The summed E-state index contributed by atoms with van der Waals surface area (Å²) in [5.74, 6) is -0.603. The standard InChI is InChI=1S/C32H30N4O4/c1-21-8-12-23(13-9-21)20-36-28(31(38)34-19-24-5-4-16-33-18-24)29(40-32(36)39)26-6-3-7-27(17-26)35-30(37)25-14-10-22(2)11-15-25/h3-18,28-29H,19-20H2,1-2H3,(H,34,38)(H,35,37). The van der Waals surface area contributed by atoms with Crippen LogP contribution in [-0.2, 0) is 22.6 Å². The lowest BCUT2D eigenvalue weighted by Crippen LogP contribution is -2.46. The number of anilines is 1. The molecule has 1 saturated heterocycles. The zero-order valence-corrected chi connectivity index (χ0v) is 22.3. The van der Waals surface area contributed by atoms with Gasteiger partial charge in [0.1, 0.15) is 0 Å². The van der Waals surface area contributed by atoms with E-state index in [0.717, 1.165) is 22.3 Å². The van der Waals surface area contributed by atoms with Gasteiger partial charge in [0.2, 0.25) is 5.91 Å². The lowest BCUT2D eigenvalue weighted by Gasteiger charge is -2.24. The first-order chi connectivity index (χ1) is 19.4. The summed E-state index contributed by atoms with van der Waals surface area (Å²) in [4.78, 5) is 45.1. The third-order valence-corrected chi connectivity index (χ3v) is 6.80. The van der Waals surface area contributed by atoms with Crippen molar-refractivity contribution in [2.24, 2.45) is 0 Å². The molecule has 3 aromatic carbocycles.